The summed E-state index contributed by atoms with van der Waals surface area (Å²) in [6.07, 6.45) is 1.45. The highest BCUT2D eigenvalue weighted by atomic mass is 16.5. The Hall–Kier alpha value is -2.14. The Kier molecular flexibility index (Phi) is 4.20. The van der Waals surface area contributed by atoms with Crippen LogP contribution < -0.4 is 16.0 Å². The van der Waals surface area contributed by atoms with Crippen LogP contribution in [0, 0.1) is 13.8 Å². The summed E-state index contributed by atoms with van der Waals surface area (Å²) < 4.78 is 5.98. The van der Waals surface area contributed by atoms with Crippen molar-refractivity contribution in [3.05, 3.63) is 41.2 Å². The average Bonchev–Trinajstić information content (AvgIpc) is 2.42. The van der Waals surface area contributed by atoms with Gasteiger partial charge in [-0.1, -0.05) is 26.0 Å². The van der Waals surface area contributed by atoms with Gasteiger partial charge in [0.15, 0.2) is 5.82 Å². The first-order chi connectivity index (χ1) is 9.52. The lowest BCUT2D eigenvalue weighted by Crippen LogP contribution is -2.13. The fourth-order valence-corrected chi connectivity index (χ4v) is 2.02. The van der Waals surface area contributed by atoms with Gasteiger partial charge in [-0.25, -0.2) is 15.8 Å². The molecule has 1 aromatic heterocycles. The summed E-state index contributed by atoms with van der Waals surface area (Å²) in [6, 6.07) is 6.08. The molecule has 20 heavy (non-hydrogen) atoms. The van der Waals surface area contributed by atoms with Crippen molar-refractivity contribution in [2.24, 2.45) is 5.84 Å². The summed E-state index contributed by atoms with van der Waals surface area (Å²) in [5.41, 5.74) is 5.67. The number of benzene rings is 1. The third-order valence-corrected chi connectivity index (χ3v) is 3.11. The van der Waals surface area contributed by atoms with Crippen LogP contribution in [0.25, 0.3) is 0 Å². The molecule has 3 N–H and O–H groups in total. The number of aryl methyl sites for hydroxylation is 2. The maximum Gasteiger partial charge on any atom is 0.227 e. The van der Waals surface area contributed by atoms with Gasteiger partial charge >= 0.3 is 0 Å². The number of nitrogens with one attached hydrogen (secondary N) is 1. The SMILES string of the molecule is Cc1ccc(C)c(Oc2ncnc(NN)c2C(C)C)c1. The van der Waals surface area contributed by atoms with E-state index in [2.05, 4.69) is 35.3 Å². The third-order valence-electron chi connectivity index (χ3n) is 3.11. The van der Waals surface area contributed by atoms with Crippen LogP contribution in [-0.2, 0) is 0 Å². The third kappa shape index (κ3) is 2.88. The van der Waals surface area contributed by atoms with Gasteiger partial charge in [-0.05, 0) is 37.0 Å². The summed E-state index contributed by atoms with van der Waals surface area (Å²) in [7, 11) is 0. The Labute approximate surface area is 119 Å². The first-order valence-electron chi connectivity index (χ1n) is 6.59. The fourth-order valence-electron chi connectivity index (χ4n) is 2.02. The second kappa shape index (κ2) is 5.88. The van der Waals surface area contributed by atoms with Crippen molar-refractivity contribution < 1.29 is 4.74 Å². The molecular weight excluding hydrogens is 252 g/mol. The summed E-state index contributed by atoms with van der Waals surface area (Å²) in [5.74, 6) is 7.64. The molecule has 0 aliphatic carbocycles. The molecule has 2 aromatic rings. The molecule has 0 atom stereocenters. The fraction of sp³-hybridized carbons (Fsp3) is 0.333. The van der Waals surface area contributed by atoms with E-state index in [1.54, 1.807) is 0 Å². The zero-order chi connectivity index (χ0) is 14.7. The second-order valence-electron chi connectivity index (χ2n) is 5.11. The van der Waals surface area contributed by atoms with Gasteiger partial charge in [0.1, 0.15) is 12.1 Å². The molecule has 0 aliphatic heterocycles. The van der Waals surface area contributed by atoms with Gasteiger partial charge in [-0.2, -0.15) is 0 Å². The number of hydrazine groups is 1. The number of nitrogen functional groups attached to an aromatic ring is 1. The van der Waals surface area contributed by atoms with Crippen LogP contribution in [0.3, 0.4) is 0 Å². The Morgan fingerprint density at radius 2 is 1.95 bits per heavy atom. The summed E-state index contributed by atoms with van der Waals surface area (Å²) in [5, 5.41) is 0. The number of anilines is 1. The maximum absolute atomic E-state index is 5.98. The molecule has 5 nitrogen and oxygen atoms in total. The molecule has 0 unspecified atom stereocenters. The smallest absolute Gasteiger partial charge is 0.227 e. The van der Waals surface area contributed by atoms with E-state index < -0.39 is 0 Å². The Bertz CT molecular complexity index is 611. The van der Waals surface area contributed by atoms with Crippen molar-refractivity contribution in [2.75, 3.05) is 5.43 Å². The van der Waals surface area contributed by atoms with Crippen LogP contribution in [0.4, 0.5) is 5.82 Å². The Balaban J connectivity index is 2.45. The molecule has 0 amide bonds. The lowest BCUT2D eigenvalue weighted by molar-refractivity contribution is 0.448. The molecule has 1 heterocycles. The Morgan fingerprint density at radius 3 is 2.60 bits per heavy atom. The predicted octanol–water partition coefficient (Wildman–Crippen LogP) is 3.29. The van der Waals surface area contributed by atoms with E-state index in [4.69, 9.17) is 10.6 Å². The zero-order valence-corrected chi connectivity index (χ0v) is 12.3. The van der Waals surface area contributed by atoms with Gasteiger partial charge in [0, 0.05) is 0 Å². The summed E-state index contributed by atoms with van der Waals surface area (Å²) >= 11 is 0. The van der Waals surface area contributed by atoms with Crippen molar-refractivity contribution in [1.29, 1.82) is 0 Å². The van der Waals surface area contributed by atoms with Crippen LogP contribution in [0.5, 0.6) is 11.6 Å². The Morgan fingerprint density at radius 1 is 1.20 bits per heavy atom. The van der Waals surface area contributed by atoms with Gasteiger partial charge in [-0.15, -0.1) is 0 Å². The molecule has 0 radical (unpaired) electrons. The largest absolute Gasteiger partial charge is 0.438 e. The lowest BCUT2D eigenvalue weighted by Gasteiger charge is -2.16. The van der Waals surface area contributed by atoms with Crippen LogP contribution in [0.2, 0.25) is 0 Å². The highest BCUT2D eigenvalue weighted by Gasteiger charge is 2.17. The van der Waals surface area contributed by atoms with Crippen molar-refractivity contribution in [3.8, 4) is 11.6 Å². The van der Waals surface area contributed by atoms with E-state index >= 15 is 0 Å². The molecule has 1 aromatic carbocycles. The van der Waals surface area contributed by atoms with Gasteiger partial charge in [0.05, 0.1) is 5.56 Å². The molecule has 106 valence electrons. The van der Waals surface area contributed by atoms with Crippen LogP contribution in [0.15, 0.2) is 24.5 Å². The van der Waals surface area contributed by atoms with Gasteiger partial charge in [-0.3, -0.25) is 0 Å². The summed E-state index contributed by atoms with van der Waals surface area (Å²) in [6.45, 7) is 8.14. The number of nitrogens with two attached hydrogens (primary N) is 1. The van der Waals surface area contributed by atoms with E-state index in [9.17, 15) is 0 Å². The van der Waals surface area contributed by atoms with E-state index in [1.807, 2.05) is 26.0 Å². The molecule has 0 saturated carbocycles. The average molecular weight is 272 g/mol. The van der Waals surface area contributed by atoms with E-state index in [0.29, 0.717) is 11.7 Å². The molecule has 0 saturated heterocycles. The van der Waals surface area contributed by atoms with Crippen molar-refractivity contribution >= 4 is 5.82 Å². The number of nitrogens with zero attached hydrogens (tertiary/aromatic N) is 2. The zero-order valence-electron chi connectivity index (χ0n) is 12.3. The predicted molar refractivity (Wildman–Crippen MR) is 79.9 cm³/mol. The molecule has 5 heteroatoms. The minimum absolute atomic E-state index is 0.197. The first-order valence-corrected chi connectivity index (χ1v) is 6.59. The summed E-state index contributed by atoms with van der Waals surface area (Å²) in [4.78, 5) is 8.38. The van der Waals surface area contributed by atoms with Crippen molar-refractivity contribution in [3.63, 3.8) is 0 Å². The van der Waals surface area contributed by atoms with E-state index in [0.717, 1.165) is 22.4 Å². The first kappa shape index (κ1) is 14.3. The topological polar surface area (TPSA) is 73.1 Å². The highest BCUT2D eigenvalue weighted by molar-refractivity contribution is 5.51. The normalized spacial score (nSPS) is 10.7. The maximum atomic E-state index is 5.98. The lowest BCUT2D eigenvalue weighted by atomic mass is 10.1. The van der Waals surface area contributed by atoms with Crippen molar-refractivity contribution in [1.82, 2.24) is 9.97 Å². The highest BCUT2D eigenvalue weighted by Crippen LogP contribution is 2.33. The number of rotatable bonds is 4. The minimum atomic E-state index is 0.197. The second-order valence-corrected chi connectivity index (χ2v) is 5.11. The number of ether oxygens (including phenoxy) is 1. The van der Waals surface area contributed by atoms with Gasteiger partial charge in [0.25, 0.3) is 0 Å². The number of hydrogen-bond donors (Lipinski definition) is 2. The molecule has 0 spiro atoms. The quantitative estimate of drug-likeness (QED) is 0.660. The molecular formula is C15H20N4O. The molecule has 0 aliphatic rings. The van der Waals surface area contributed by atoms with E-state index in [1.165, 1.54) is 6.33 Å². The van der Waals surface area contributed by atoms with Gasteiger partial charge < -0.3 is 10.2 Å². The molecule has 2 rings (SSSR count). The van der Waals surface area contributed by atoms with Crippen molar-refractivity contribution in [2.45, 2.75) is 33.6 Å². The van der Waals surface area contributed by atoms with Crippen LogP contribution >= 0.6 is 0 Å². The number of aromatic nitrogens is 2. The monoisotopic (exact) mass is 272 g/mol. The standard InChI is InChI=1S/C15H20N4O/c1-9(2)13-14(19-16)17-8-18-15(13)20-12-7-10(3)5-6-11(12)4/h5-9H,16H2,1-4H3,(H,17,18,19). The molecule has 0 bridgehead atoms. The van der Waals surface area contributed by atoms with E-state index in [-0.39, 0.29) is 5.92 Å². The minimum Gasteiger partial charge on any atom is -0.438 e. The van der Waals surface area contributed by atoms with Crippen LogP contribution in [-0.4, -0.2) is 9.97 Å². The van der Waals surface area contributed by atoms with Gasteiger partial charge in [0.2, 0.25) is 5.88 Å². The number of hydrogen-bond acceptors (Lipinski definition) is 5. The van der Waals surface area contributed by atoms with Crippen LogP contribution in [0.1, 0.15) is 36.5 Å². The molecule has 0 fully saturated rings.